The van der Waals surface area contributed by atoms with Crippen LogP contribution in [0, 0.1) is 0 Å². The molecular formula is C12H23NO3. The number of esters is 1. The highest BCUT2D eigenvalue weighted by Crippen LogP contribution is 2.21. The second kappa shape index (κ2) is 6.86. The summed E-state index contributed by atoms with van der Waals surface area (Å²) in [5, 5.41) is 0. The molecule has 0 aromatic heterocycles. The van der Waals surface area contributed by atoms with E-state index in [1.807, 2.05) is 0 Å². The van der Waals surface area contributed by atoms with Crippen LogP contribution in [0.1, 0.15) is 32.6 Å². The Morgan fingerprint density at radius 2 is 2.19 bits per heavy atom. The Bertz CT molecular complexity index is 220. The highest BCUT2D eigenvalue weighted by atomic mass is 16.5. The summed E-state index contributed by atoms with van der Waals surface area (Å²) in [6.07, 6.45) is 4.17. The fourth-order valence-corrected chi connectivity index (χ4v) is 2.32. The molecule has 1 heterocycles. The van der Waals surface area contributed by atoms with E-state index in [0.29, 0.717) is 6.04 Å². The van der Waals surface area contributed by atoms with E-state index in [2.05, 4.69) is 11.8 Å². The zero-order valence-electron chi connectivity index (χ0n) is 10.6. The van der Waals surface area contributed by atoms with Crippen LogP contribution < -0.4 is 0 Å². The van der Waals surface area contributed by atoms with Crippen molar-refractivity contribution in [2.45, 2.75) is 44.7 Å². The van der Waals surface area contributed by atoms with Crippen molar-refractivity contribution in [3.05, 3.63) is 0 Å². The van der Waals surface area contributed by atoms with Crippen molar-refractivity contribution in [3.8, 4) is 0 Å². The minimum Gasteiger partial charge on any atom is -0.468 e. The lowest BCUT2D eigenvalue weighted by Crippen LogP contribution is -2.49. The van der Waals surface area contributed by atoms with E-state index < -0.39 is 0 Å². The zero-order chi connectivity index (χ0) is 12.0. The van der Waals surface area contributed by atoms with Gasteiger partial charge >= 0.3 is 5.97 Å². The molecule has 0 saturated carbocycles. The van der Waals surface area contributed by atoms with Crippen LogP contribution in [0.4, 0.5) is 0 Å². The Labute approximate surface area is 97.9 Å². The number of piperidine rings is 1. The number of hydrogen-bond donors (Lipinski definition) is 0. The number of hydrogen-bond acceptors (Lipinski definition) is 4. The maximum absolute atomic E-state index is 11.7. The molecule has 0 aromatic carbocycles. The summed E-state index contributed by atoms with van der Waals surface area (Å²) in [4.78, 5) is 13.9. The average molecular weight is 229 g/mol. The summed E-state index contributed by atoms with van der Waals surface area (Å²) in [6, 6.07) is 0.329. The van der Waals surface area contributed by atoms with E-state index >= 15 is 0 Å². The number of ether oxygens (including phenoxy) is 2. The molecule has 16 heavy (non-hydrogen) atoms. The Hall–Kier alpha value is -0.610. The van der Waals surface area contributed by atoms with Crippen LogP contribution in [0.2, 0.25) is 0 Å². The van der Waals surface area contributed by atoms with Crippen LogP contribution in [0.15, 0.2) is 0 Å². The van der Waals surface area contributed by atoms with Gasteiger partial charge in [-0.3, -0.25) is 9.69 Å². The maximum atomic E-state index is 11.7. The molecule has 1 aliphatic heterocycles. The zero-order valence-corrected chi connectivity index (χ0v) is 10.6. The molecule has 0 spiro atoms. The second-order valence-corrected chi connectivity index (χ2v) is 4.40. The van der Waals surface area contributed by atoms with E-state index in [1.54, 1.807) is 7.11 Å². The molecular weight excluding hydrogens is 206 g/mol. The molecule has 0 radical (unpaired) electrons. The van der Waals surface area contributed by atoms with Crippen molar-refractivity contribution >= 4 is 5.97 Å². The molecule has 1 unspecified atom stereocenters. The predicted molar refractivity (Wildman–Crippen MR) is 62.3 cm³/mol. The third-order valence-electron chi connectivity index (χ3n) is 3.32. The van der Waals surface area contributed by atoms with Gasteiger partial charge in [-0.25, -0.2) is 0 Å². The Balaban J connectivity index is 2.55. The van der Waals surface area contributed by atoms with E-state index in [1.165, 1.54) is 13.5 Å². The minimum absolute atomic E-state index is 0.0504. The number of likely N-dealkylation sites (tertiary alicyclic amines) is 1. The average Bonchev–Trinajstić information content (AvgIpc) is 2.35. The number of carbonyl (C=O) groups excluding carboxylic acids is 1. The van der Waals surface area contributed by atoms with Gasteiger partial charge in [0, 0.05) is 19.8 Å². The lowest BCUT2D eigenvalue weighted by atomic mass is 9.99. The second-order valence-electron chi connectivity index (χ2n) is 4.40. The number of nitrogens with zero attached hydrogens (tertiary/aromatic N) is 1. The quantitative estimate of drug-likeness (QED) is 0.669. The van der Waals surface area contributed by atoms with Gasteiger partial charge in [0.05, 0.1) is 7.11 Å². The molecule has 0 aromatic rings. The summed E-state index contributed by atoms with van der Waals surface area (Å²) in [6.45, 7) is 3.89. The van der Waals surface area contributed by atoms with Gasteiger partial charge in [-0.1, -0.05) is 6.42 Å². The topological polar surface area (TPSA) is 38.8 Å². The SMILES string of the molecule is COCCC(C)N1CCCC[C@@H]1C(=O)OC. The molecule has 2 atom stereocenters. The molecule has 1 aliphatic rings. The van der Waals surface area contributed by atoms with Gasteiger partial charge < -0.3 is 9.47 Å². The summed E-state index contributed by atoms with van der Waals surface area (Å²) >= 11 is 0. The van der Waals surface area contributed by atoms with Crippen molar-refractivity contribution in [2.24, 2.45) is 0 Å². The molecule has 4 heteroatoms. The normalized spacial score (nSPS) is 24.1. The first kappa shape index (κ1) is 13.5. The van der Waals surface area contributed by atoms with Crippen molar-refractivity contribution < 1.29 is 14.3 Å². The smallest absolute Gasteiger partial charge is 0.323 e. The summed E-state index contributed by atoms with van der Waals surface area (Å²) < 4.78 is 9.95. The van der Waals surface area contributed by atoms with Gasteiger partial charge in [0.15, 0.2) is 0 Å². The first-order valence-corrected chi connectivity index (χ1v) is 6.03. The van der Waals surface area contributed by atoms with Gasteiger partial charge in [-0.05, 0) is 32.7 Å². The molecule has 0 aliphatic carbocycles. The van der Waals surface area contributed by atoms with Gasteiger partial charge in [-0.2, -0.15) is 0 Å². The largest absolute Gasteiger partial charge is 0.468 e. The number of methoxy groups -OCH3 is 2. The van der Waals surface area contributed by atoms with E-state index in [-0.39, 0.29) is 12.0 Å². The first-order chi connectivity index (χ1) is 7.70. The van der Waals surface area contributed by atoms with Gasteiger partial charge in [0.1, 0.15) is 6.04 Å². The van der Waals surface area contributed by atoms with E-state index in [0.717, 1.165) is 32.4 Å². The minimum atomic E-state index is -0.0935. The molecule has 0 bridgehead atoms. The Morgan fingerprint density at radius 1 is 1.44 bits per heavy atom. The first-order valence-electron chi connectivity index (χ1n) is 6.03. The number of carbonyl (C=O) groups is 1. The van der Waals surface area contributed by atoms with E-state index in [9.17, 15) is 4.79 Å². The highest BCUT2D eigenvalue weighted by molar-refractivity contribution is 5.75. The van der Waals surface area contributed by atoms with Crippen molar-refractivity contribution in [1.29, 1.82) is 0 Å². The third-order valence-corrected chi connectivity index (χ3v) is 3.32. The monoisotopic (exact) mass is 229 g/mol. The molecule has 4 nitrogen and oxygen atoms in total. The standard InChI is InChI=1S/C12H23NO3/c1-10(7-9-15-2)13-8-5-4-6-11(13)12(14)16-3/h10-11H,4-9H2,1-3H3/t10?,11-/m1/s1. The fourth-order valence-electron chi connectivity index (χ4n) is 2.32. The van der Waals surface area contributed by atoms with Crippen LogP contribution >= 0.6 is 0 Å². The molecule has 1 fully saturated rings. The Kier molecular flexibility index (Phi) is 5.77. The van der Waals surface area contributed by atoms with Crippen molar-refractivity contribution in [3.63, 3.8) is 0 Å². The van der Waals surface area contributed by atoms with Crippen molar-refractivity contribution in [2.75, 3.05) is 27.4 Å². The van der Waals surface area contributed by atoms with Crippen LogP contribution in [0.5, 0.6) is 0 Å². The fraction of sp³-hybridized carbons (Fsp3) is 0.917. The van der Waals surface area contributed by atoms with Crippen LogP contribution in [0.25, 0.3) is 0 Å². The van der Waals surface area contributed by atoms with E-state index in [4.69, 9.17) is 9.47 Å². The van der Waals surface area contributed by atoms with Crippen molar-refractivity contribution in [1.82, 2.24) is 4.90 Å². The third kappa shape index (κ3) is 3.46. The predicted octanol–water partition coefficient (Wildman–Crippen LogP) is 1.44. The molecule has 0 N–H and O–H groups in total. The van der Waals surface area contributed by atoms with Crippen LogP contribution in [0.3, 0.4) is 0 Å². The summed E-state index contributed by atoms with van der Waals surface area (Å²) in [7, 11) is 3.18. The lowest BCUT2D eigenvalue weighted by Gasteiger charge is -2.38. The van der Waals surface area contributed by atoms with Gasteiger partial charge in [-0.15, -0.1) is 0 Å². The molecule has 0 amide bonds. The maximum Gasteiger partial charge on any atom is 0.323 e. The van der Waals surface area contributed by atoms with Crippen LogP contribution in [-0.4, -0.2) is 50.3 Å². The molecule has 1 rings (SSSR count). The lowest BCUT2D eigenvalue weighted by molar-refractivity contribution is -0.149. The summed E-state index contributed by atoms with van der Waals surface area (Å²) in [5.74, 6) is -0.0935. The van der Waals surface area contributed by atoms with Gasteiger partial charge in [0.2, 0.25) is 0 Å². The highest BCUT2D eigenvalue weighted by Gasteiger charge is 2.32. The van der Waals surface area contributed by atoms with Crippen LogP contribution in [-0.2, 0) is 14.3 Å². The summed E-state index contributed by atoms with van der Waals surface area (Å²) in [5.41, 5.74) is 0. The molecule has 1 saturated heterocycles. The molecule has 94 valence electrons. The van der Waals surface area contributed by atoms with Gasteiger partial charge in [0.25, 0.3) is 0 Å². The number of rotatable bonds is 5. The Morgan fingerprint density at radius 3 is 2.81 bits per heavy atom.